The molecule has 0 fully saturated rings. The lowest BCUT2D eigenvalue weighted by molar-refractivity contribution is 0.174. The third-order valence-electron chi connectivity index (χ3n) is 3.37. The molecule has 2 aromatic heterocycles. The van der Waals surface area contributed by atoms with Gasteiger partial charge in [-0.25, -0.2) is 0 Å². The van der Waals surface area contributed by atoms with Crippen LogP contribution in [0.2, 0.25) is 0 Å². The lowest BCUT2D eigenvalue weighted by Crippen LogP contribution is -2.21. The summed E-state index contributed by atoms with van der Waals surface area (Å²) >= 11 is 6.70. The standard InChI is InChI=1S/C14H10N2O3S2/c17-13-12-9(3-4-21-12)15-14(20)16(13)6-8-1-2-10-11(5-8)19-7-18-10/h1-5H,6-7H2,(H,15,20). The Hall–Kier alpha value is -2.12. The molecule has 0 bridgehead atoms. The molecule has 1 N–H and O–H groups in total. The van der Waals surface area contributed by atoms with Gasteiger partial charge in [0, 0.05) is 0 Å². The maximum atomic E-state index is 12.5. The molecule has 21 heavy (non-hydrogen) atoms. The molecule has 1 aliphatic rings. The topological polar surface area (TPSA) is 56.2 Å². The first kappa shape index (κ1) is 12.6. The zero-order valence-electron chi connectivity index (χ0n) is 10.8. The third kappa shape index (κ3) is 2.05. The number of fused-ring (bicyclic) bond motifs is 2. The molecule has 1 aliphatic heterocycles. The molecule has 106 valence electrons. The molecule has 3 aromatic rings. The van der Waals surface area contributed by atoms with Gasteiger partial charge in [-0.1, -0.05) is 6.07 Å². The van der Waals surface area contributed by atoms with Crippen molar-refractivity contribution in [3.63, 3.8) is 0 Å². The average molecular weight is 318 g/mol. The number of rotatable bonds is 2. The fourth-order valence-corrected chi connectivity index (χ4v) is 3.39. The lowest BCUT2D eigenvalue weighted by atomic mass is 10.2. The van der Waals surface area contributed by atoms with Gasteiger partial charge in [-0.05, 0) is 41.4 Å². The lowest BCUT2D eigenvalue weighted by Gasteiger charge is -2.07. The SMILES string of the molecule is O=c1c2sccc2[nH]c(=S)n1Cc1ccc2c(c1)OCO2. The molecule has 0 saturated carbocycles. The van der Waals surface area contributed by atoms with Crippen LogP contribution >= 0.6 is 23.6 Å². The van der Waals surface area contributed by atoms with E-state index in [-0.39, 0.29) is 12.4 Å². The minimum atomic E-state index is -0.0681. The molecule has 1 aromatic carbocycles. The van der Waals surface area contributed by atoms with Crippen molar-refractivity contribution in [3.8, 4) is 11.5 Å². The fourth-order valence-electron chi connectivity index (χ4n) is 2.34. The number of thiophene rings is 1. The van der Waals surface area contributed by atoms with Crippen LogP contribution in [0.3, 0.4) is 0 Å². The normalized spacial score (nSPS) is 13.0. The minimum absolute atomic E-state index is 0.0681. The van der Waals surface area contributed by atoms with Crippen LogP contribution in [0.4, 0.5) is 0 Å². The molecular weight excluding hydrogens is 308 g/mol. The maximum Gasteiger partial charge on any atom is 0.272 e. The van der Waals surface area contributed by atoms with E-state index < -0.39 is 0 Å². The second-order valence-corrected chi connectivity index (χ2v) is 5.98. The number of aromatic amines is 1. The van der Waals surface area contributed by atoms with Gasteiger partial charge in [-0.15, -0.1) is 11.3 Å². The monoisotopic (exact) mass is 318 g/mol. The van der Waals surface area contributed by atoms with Crippen LogP contribution in [0.5, 0.6) is 11.5 Å². The Balaban J connectivity index is 1.81. The van der Waals surface area contributed by atoms with Gasteiger partial charge in [-0.3, -0.25) is 9.36 Å². The molecule has 0 saturated heterocycles. The van der Waals surface area contributed by atoms with Crippen LogP contribution in [0.25, 0.3) is 10.2 Å². The van der Waals surface area contributed by atoms with E-state index in [4.69, 9.17) is 21.7 Å². The number of nitrogens with zero attached hydrogens (tertiary/aromatic N) is 1. The predicted molar refractivity (Wildman–Crippen MR) is 82.9 cm³/mol. The Labute approximate surface area is 128 Å². The van der Waals surface area contributed by atoms with Crippen molar-refractivity contribution in [1.29, 1.82) is 0 Å². The number of aromatic nitrogens is 2. The maximum absolute atomic E-state index is 12.5. The van der Waals surface area contributed by atoms with Crippen LogP contribution < -0.4 is 15.0 Å². The van der Waals surface area contributed by atoms with Gasteiger partial charge in [0.2, 0.25) is 6.79 Å². The van der Waals surface area contributed by atoms with E-state index >= 15 is 0 Å². The van der Waals surface area contributed by atoms with Crippen molar-refractivity contribution >= 4 is 33.8 Å². The number of benzene rings is 1. The molecular formula is C14H10N2O3S2. The van der Waals surface area contributed by atoms with Gasteiger partial charge in [0.15, 0.2) is 16.3 Å². The smallest absolute Gasteiger partial charge is 0.272 e. The van der Waals surface area contributed by atoms with Crippen LogP contribution in [-0.4, -0.2) is 16.3 Å². The Morgan fingerprint density at radius 2 is 2.14 bits per heavy atom. The molecule has 0 atom stereocenters. The zero-order valence-corrected chi connectivity index (χ0v) is 12.4. The van der Waals surface area contributed by atoms with Gasteiger partial charge in [0.05, 0.1) is 12.1 Å². The van der Waals surface area contributed by atoms with E-state index in [1.165, 1.54) is 11.3 Å². The molecule has 3 heterocycles. The van der Waals surface area contributed by atoms with Gasteiger partial charge < -0.3 is 14.5 Å². The van der Waals surface area contributed by atoms with Crippen molar-refractivity contribution in [1.82, 2.24) is 9.55 Å². The Kier molecular flexibility index (Phi) is 2.83. The van der Waals surface area contributed by atoms with E-state index in [0.717, 1.165) is 16.8 Å². The average Bonchev–Trinajstić information content (AvgIpc) is 3.11. The highest BCUT2D eigenvalue weighted by atomic mass is 32.1. The van der Waals surface area contributed by atoms with Gasteiger partial charge in [-0.2, -0.15) is 0 Å². The van der Waals surface area contributed by atoms with Crippen LogP contribution in [-0.2, 0) is 6.54 Å². The van der Waals surface area contributed by atoms with Gasteiger partial charge >= 0.3 is 0 Å². The van der Waals surface area contributed by atoms with Crippen LogP contribution in [0.15, 0.2) is 34.4 Å². The summed E-state index contributed by atoms with van der Waals surface area (Å²) in [6, 6.07) is 7.50. The zero-order chi connectivity index (χ0) is 14.4. The van der Waals surface area contributed by atoms with E-state index in [0.29, 0.717) is 21.8 Å². The summed E-state index contributed by atoms with van der Waals surface area (Å²) in [5.41, 5.74) is 1.66. The predicted octanol–water partition coefficient (Wildman–Crippen LogP) is 2.90. The summed E-state index contributed by atoms with van der Waals surface area (Å²) in [7, 11) is 0. The number of ether oxygens (including phenoxy) is 2. The molecule has 4 rings (SSSR count). The van der Waals surface area contributed by atoms with Crippen molar-refractivity contribution < 1.29 is 9.47 Å². The summed E-state index contributed by atoms with van der Waals surface area (Å²) in [6.45, 7) is 0.638. The highest BCUT2D eigenvalue weighted by Gasteiger charge is 2.14. The highest BCUT2D eigenvalue weighted by Crippen LogP contribution is 2.32. The molecule has 0 spiro atoms. The fraction of sp³-hybridized carbons (Fsp3) is 0.143. The van der Waals surface area contributed by atoms with E-state index in [2.05, 4.69) is 4.98 Å². The summed E-state index contributed by atoms with van der Waals surface area (Å²) < 4.78 is 13.3. The molecule has 0 radical (unpaired) electrons. The Morgan fingerprint density at radius 1 is 1.29 bits per heavy atom. The number of hydrogen-bond donors (Lipinski definition) is 1. The second kappa shape index (κ2) is 4.71. The molecule has 0 amide bonds. The quantitative estimate of drug-likeness (QED) is 0.738. The summed E-state index contributed by atoms with van der Waals surface area (Å²) in [4.78, 5) is 15.6. The molecule has 0 unspecified atom stereocenters. The second-order valence-electron chi connectivity index (χ2n) is 4.67. The number of H-pyrrole nitrogens is 1. The Morgan fingerprint density at radius 3 is 3.05 bits per heavy atom. The number of hydrogen-bond acceptors (Lipinski definition) is 5. The first-order valence-corrected chi connectivity index (χ1v) is 7.60. The van der Waals surface area contributed by atoms with Crippen molar-refractivity contribution in [2.24, 2.45) is 0 Å². The molecule has 5 nitrogen and oxygen atoms in total. The molecule has 7 heteroatoms. The third-order valence-corrected chi connectivity index (χ3v) is 4.59. The van der Waals surface area contributed by atoms with Crippen LogP contribution in [0, 0.1) is 4.77 Å². The van der Waals surface area contributed by atoms with Gasteiger partial charge in [0.25, 0.3) is 5.56 Å². The van der Waals surface area contributed by atoms with E-state index in [1.54, 1.807) is 4.57 Å². The summed E-state index contributed by atoms with van der Waals surface area (Å²) in [6.07, 6.45) is 0. The van der Waals surface area contributed by atoms with E-state index in [9.17, 15) is 4.79 Å². The largest absolute Gasteiger partial charge is 0.454 e. The Bertz CT molecular complexity index is 955. The van der Waals surface area contributed by atoms with Gasteiger partial charge in [0.1, 0.15) is 4.70 Å². The summed E-state index contributed by atoms with van der Waals surface area (Å²) in [5.74, 6) is 1.43. The van der Waals surface area contributed by atoms with Crippen molar-refractivity contribution in [2.45, 2.75) is 6.54 Å². The first-order chi connectivity index (χ1) is 10.2. The highest BCUT2D eigenvalue weighted by molar-refractivity contribution is 7.71. The first-order valence-electron chi connectivity index (χ1n) is 6.31. The van der Waals surface area contributed by atoms with Crippen molar-refractivity contribution in [2.75, 3.05) is 6.79 Å². The van der Waals surface area contributed by atoms with E-state index in [1.807, 2.05) is 29.6 Å². The van der Waals surface area contributed by atoms with Crippen molar-refractivity contribution in [3.05, 3.63) is 50.3 Å². The minimum Gasteiger partial charge on any atom is -0.454 e. The number of nitrogens with one attached hydrogen (secondary N) is 1. The van der Waals surface area contributed by atoms with Crippen LogP contribution in [0.1, 0.15) is 5.56 Å². The molecule has 0 aliphatic carbocycles. The summed E-state index contributed by atoms with van der Waals surface area (Å²) in [5, 5.41) is 1.88.